The van der Waals surface area contributed by atoms with Crippen molar-refractivity contribution in [1.82, 2.24) is 10.6 Å². The lowest BCUT2D eigenvalue weighted by molar-refractivity contribution is -0.144. The van der Waals surface area contributed by atoms with Crippen LogP contribution in [0.3, 0.4) is 0 Å². The van der Waals surface area contributed by atoms with Gasteiger partial charge in [-0.2, -0.15) is 0 Å². The number of carboxylic acids is 1. The molecule has 0 aliphatic carbocycles. The average molecular weight is 229 g/mol. The van der Waals surface area contributed by atoms with Crippen LogP contribution in [0.1, 0.15) is 12.8 Å². The molecule has 3 amide bonds. The second-order valence-corrected chi connectivity index (χ2v) is 3.39. The Morgan fingerprint density at radius 2 is 1.56 bits per heavy atom. The zero-order valence-corrected chi connectivity index (χ0v) is 8.23. The van der Waals surface area contributed by atoms with E-state index < -0.39 is 42.2 Å². The number of carboxylic acid groups (broad SMARTS) is 1. The highest BCUT2D eigenvalue weighted by molar-refractivity contribution is 6.00. The molecule has 0 bridgehead atoms. The summed E-state index contributed by atoms with van der Waals surface area (Å²) < 4.78 is 0. The number of amides is 3. The van der Waals surface area contributed by atoms with Gasteiger partial charge in [-0.05, 0) is 0 Å². The molecule has 1 heterocycles. The minimum atomic E-state index is -1.20. The molecule has 0 aromatic rings. The van der Waals surface area contributed by atoms with Crippen LogP contribution in [0.5, 0.6) is 0 Å². The second-order valence-electron chi connectivity index (χ2n) is 3.39. The number of aliphatic carboxylic acids is 1. The number of rotatable bonds is 4. The summed E-state index contributed by atoms with van der Waals surface area (Å²) in [5, 5.41) is 12.9. The molecule has 8 nitrogen and oxygen atoms in total. The van der Waals surface area contributed by atoms with Crippen molar-refractivity contribution in [2.24, 2.45) is 5.73 Å². The quantitative estimate of drug-likeness (QED) is 0.416. The minimum Gasteiger partial charge on any atom is -0.481 e. The van der Waals surface area contributed by atoms with Crippen molar-refractivity contribution in [2.45, 2.75) is 24.9 Å². The van der Waals surface area contributed by atoms with Crippen molar-refractivity contribution in [3.63, 3.8) is 0 Å². The van der Waals surface area contributed by atoms with E-state index in [1.165, 1.54) is 0 Å². The van der Waals surface area contributed by atoms with E-state index in [9.17, 15) is 19.2 Å². The maximum Gasteiger partial charge on any atom is 0.305 e. The Labute approximate surface area is 90.2 Å². The Morgan fingerprint density at radius 1 is 1.12 bits per heavy atom. The Kier molecular flexibility index (Phi) is 3.44. The smallest absolute Gasteiger partial charge is 0.305 e. The molecule has 5 N–H and O–H groups in total. The van der Waals surface area contributed by atoms with Crippen LogP contribution >= 0.6 is 0 Å². The van der Waals surface area contributed by atoms with Gasteiger partial charge in [0.25, 0.3) is 0 Å². The van der Waals surface area contributed by atoms with Crippen molar-refractivity contribution in [1.29, 1.82) is 0 Å². The predicted octanol–water partition coefficient (Wildman–Crippen LogP) is -2.68. The maximum absolute atomic E-state index is 11.3. The fraction of sp³-hybridized carbons (Fsp3) is 0.500. The SMILES string of the molecule is NC(=O)C[C@@H]1NC(=O)[C@H](CC(=O)O)NC1=O. The number of carbonyl (C=O) groups is 4. The van der Waals surface area contributed by atoms with E-state index >= 15 is 0 Å². The van der Waals surface area contributed by atoms with Crippen molar-refractivity contribution in [3.8, 4) is 0 Å². The highest BCUT2D eigenvalue weighted by Crippen LogP contribution is 2.03. The summed E-state index contributed by atoms with van der Waals surface area (Å²) in [6.07, 6.45) is -0.807. The second kappa shape index (κ2) is 4.60. The van der Waals surface area contributed by atoms with Gasteiger partial charge in [0.1, 0.15) is 12.1 Å². The van der Waals surface area contributed by atoms with E-state index in [0.29, 0.717) is 0 Å². The first-order chi connectivity index (χ1) is 7.40. The third-order valence-corrected chi connectivity index (χ3v) is 2.05. The molecule has 8 heteroatoms. The average Bonchev–Trinajstić information content (AvgIpc) is 2.11. The first-order valence-corrected chi connectivity index (χ1v) is 4.51. The summed E-state index contributed by atoms with van der Waals surface area (Å²) >= 11 is 0. The van der Waals surface area contributed by atoms with Crippen molar-refractivity contribution < 1.29 is 24.3 Å². The predicted molar refractivity (Wildman–Crippen MR) is 49.9 cm³/mol. The lowest BCUT2D eigenvalue weighted by Gasteiger charge is -2.28. The molecule has 1 aliphatic rings. The van der Waals surface area contributed by atoms with Gasteiger partial charge in [0.15, 0.2) is 0 Å². The molecule has 16 heavy (non-hydrogen) atoms. The number of piperazine rings is 1. The molecule has 0 spiro atoms. The zero-order chi connectivity index (χ0) is 12.3. The topological polar surface area (TPSA) is 139 Å². The van der Waals surface area contributed by atoms with Crippen molar-refractivity contribution in [2.75, 3.05) is 0 Å². The van der Waals surface area contributed by atoms with Crippen LogP contribution in [0.4, 0.5) is 0 Å². The lowest BCUT2D eigenvalue weighted by Crippen LogP contribution is -2.62. The van der Waals surface area contributed by atoms with Crippen LogP contribution in [0.15, 0.2) is 0 Å². The molecule has 2 atom stereocenters. The van der Waals surface area contributed by atoms with Gasteiger partial charge in [0.05, 0.1) is 12.8 Å². The molecule has 1 aliphatic heterocycles. The molecule has 0 unspecified atom stereocenters. The Morgan fingerprint density at radius 3 is 1.94 bits per heavy atom. The molecule has 0 aromatic heterocycles. The number of primary amides is 1. The van der Waals surface area contributed by atoms with Crippen LogP contribution in [0.2, 0.25) is 0 Å². The largest absolute Gasteiger partial charge is 0.481 e. The molecule has 0 saturated carbocycles. The summed E-state index contributed by atoms with van der Waals surface area (Å²) in [5.74, 6) is -3.16. The van der Waals surface area contributed by atoms with E-state index in [1.54, 1.807) is 0 Å². The third-order valence-electron chi connectivity index (χ3n) is 2.05. The van der Waals surface area contributed by atoms with E-state index in [2.05, 4.69) is 10.6 Å². The first-order valence-electron chi connectivity index (χ1n) is 4.51. The number of hydrogen-bond donors (Lipinski definition) is 4. The number of carbonyl (C=O) groups excluding carboxylic acids is 3. The van der Waals surface area contributed by atoms with E-state index in [-0.39, 0.29) is 6.42 Å². The van der Waals surface area contributed by atoms with Crippen LogP contribution in [0.25, 0.3) is 0 Å². The highest BCUT2D eigenvalue weighted by Gasteiger charge is 2.35. The zero-order valence-electron chi connectivity index (χ0n) is 8.23. The van der Waals surface area contributed by atoms with Gasteiger partial charge < -0.3 is 21.5 Å². The van der Waals surface area contributed by atoms with Crippen molar-refractivity contribution in [3.05, 3.63) is 0 Å². The van der Waals surface area contributed by atoms with E-state index in [4.69, 9.17) is 10.8 Å². The van der Waals surface area contributed by atoms with Crippen LogP contribution in [0, 0.1) is 0 Å². The maximum atomic E-state index is 11.3. The van der Waals surface area contributed by atoms with Gasteiger partial charge >= 0.3 is 5.97 Å². The molecule has 88 valence electrons. The molecule has 1 saturated heterocycles. The Hall–Kier alpha value is -2.12. The van der Waals surface area contributed by atoms with Gasteiger partial charge in [0.2, 0.25) is 17.7 Å². The normalized spacial score (nSPS) is 24.5. The van der Waals surface area contributed by atoms with Crippen LogP contribution < -0.4 is 16.4 Å². The summed E-state index contributed by atoms with van der Waals surface area (Å²) in [4.78, 5) is 43.6. The van der Waals surface area contributed by atoms with Crippen molar-refractivity contribution >= 4 is 23.7 Å². The Bertz CT molecular complexity index is 320. The molecule has 0 aromatic carbocycles. The number of hydrogen-bond acceptors (Lipinski definition) is 4. The molecule has 1 rings (SSSR count). The summed E-state index contributed by atoms with van der Waals surface area (Å²) in [6, 6.07) is -2.12. The van der Waals surface area contributed by atoms with Gasteiger partial charge in [-0.1, -0.05) is 0 Å². The third kappa shape index (κ3) is 2.94. The fourth-order valence-electron chi connectivity index (χ4n) is 1.34. The fourth-order valence-corrected chi connectivity index (χ4v) is 1.34. The monoisotopic (exact) mass is 229 g/mol. The van der Waals surface area contributed by atoms with Gasteiger partial charge in [-0.25, -0.2) is 0 Å². The standard InChI is InChI=1S/C8H11N3O5/c9-5(12)1-3-7(15)11-4(2-6(13)14)8(16)10-3/h3-4H,1-2H2,(H2,9,12)(H,10,16)(H,11,15)(H,13,14)/t3-,4-/m0/s1. The summed E-state index contributed by atoms with van der Waals surface area (Å²) in [5.41, 5.74) is 4.88. The van der Waals surface area contributed by atoms with Gasteiger partial charge in [-0.15, -0.1) is 0 Å². The molecular weight excluding hydrogens is 218 g/mol. The number of nitrogens with one attached hydrogen (secondary N) is 2. The number of nitrogens with two attached hydrogens (primary N) is 1. The van der Waals surface area contributed by atoms with E-state index in [0.717, 1.165) is 0 Å². The lowest BCUT2D eigenvalue weighted by atomic mass is 10.1. The molecular formula is C8H11N3O5. The summed E-state index contributed by atoms with van der Waals surface area (Å²) in [7, 11) is 0. The molecule has 0 radical (unpaired) electrons. The molecule has 1 fully saturated rings. The van der Waals surface area contributed by atoms with Gasteiger partial charge in [-0.3, -0.25) is 19.2 Å². The van der Waals surface area contributed by atoms with E-state index in [1.807, 2.05) is 0 Å². The summed E-state index contributed by atoms with van der Waals surface area (Å²) in [6.45, 7) is 0. The minimum absolute atomic E-state index is 0.308. The van der Waals surface area contributed by atoms with Crippen LogP contribution in [-0.2, 0) is 19.2 Å². The van der Waals surface area contributed by atoms with Crippen LogP contribution in [-0.4, -0.2) is 40.9 Å². The Balaban J connectivity index is 2.63. The highest BCUT2D eigenvalue weighted by atomic mass is 16.4. The first kappa shape index (κ1) is 12.0. The van der Waals surface area contributed by atoms with Gasteiger partial charge in [0, 0.05) is 0 Å².